The number of pyridine rings is 1. The number of fused-ring (bicyclic) bond motifs is 1. The number of hydrogen-bond acceptors (Lipinski definition) is 3. The van der Waals surface area contributed by atoms with E-state index >= 15 is 0 Å². The van der Waals surface area contributed by atoms with Gasteiger partial charge in [-0.05, 0) is 37.2 Å². The summed E-state index contributed by atoms with van der Waals surface area (Å²) in [7, 11) is 0. The average molecular weight is 263 g/mol. The van der Waals surface area contributed by atoms with E-state index in [1.165, 1.54) is 0 Å². The molecule has 18 heavy (non-hydrogen) atoms. The van der Waals surface area contributed by atoms with Gasteiger partial charge in [0, 0.05) is 35.3 Å². The zero-order chi connectivity index (χ0) is 12.4. The molecule has 0 radical (unpaired) electrons. The van der Waals surface area contributed by atoms with Gasteiger partial charge in [0.05, 0.1) is 11.6 Å². The zero-order valence-corrected chi connectivity index (χ0v) is 10.8. The Kier molecular flexibility index (Phi) is 3.46. The van der Waals surface area contributed by atoms with Gasteiger partial charge < -0.3 is 10.1 Å². The van der Waals surface area contributed by atoms with Gasteiger partial charge in [-0.2, -0.15) is 0 Å². The summed E-state index contributed by atoms with van der Waals surface area (Å²) in [6.07, 6.45) is 3.04. The number of halogens is 1. The number of ether oxygens (including phenoxy) is 1. The Balaban J connectivity index is 1.96. The van der Waals surface area contributed by atoms with Crippen LogP contribution in [0.1, 0.15) is 18.1 Å². The first-order valence-corrected chi connectivity index (χ1v) is 6.58. The molecule has 1 aromatic carbocycles. The highest BCUT2D eigenvalue weighted by Crippen LogP contribution is 2.23. The summed E-state index contributed by atoms with van der Waals surface area (Å²) in [6.45, 7) is 2.66. The number of hydrogen-bond donors (Lipinski definition) is 1. The van der Waals surface area contributed by atoms with E-state index in [1.807, 2.05) is 24.4 Å². The molecule has 94 valence electrons. The van der Waals surface area contributed by atoms with Gasteiger partial charge in [-0.3, -0.25) is 4.98 Å². The van der Waals surface area contributed by atoms with E-state index in [4.69, 9.17) is 16.3 Å². The Labute approximate surface area is 111 Å². The highest BCUT2D eigenvalue weighted by molar-refractivity contribution is 6.31. The van der Waals surface area contributed by atoms with Crippen molar-refractivity contribution in [2.24, 2.45) is 0 Å². The smallest absolute Gasteiger partial charge is 0.0964 e. The van der Waals surface area contributed by atoms with Crippen LogP contribution in [0.4, 0.5) is 0 Å². The number of nitrogens with zero attached hydrogens (tertiary/aromatic N) is 1. The van der Waals surface area contributed by atoms with Gasteiger partial charge >= 0.3 is 0 Å². The largest absolute Gasteiger partial charge is 0.372 e. The van der Waals surface area contributed by atoms with Crippen LogP contribution in [0.3, 0.4) is 0 Å². The van der Waals surface area contributed by atoms with E-state index in [0.29, 0.717) is 0 Å². The van der Waals surface area contributed by atoms with Gasteiger partial charge in [0.25, 0.3) is 0 Å². The third kappa shape index (κ3) is 2.48. The summed E-state index contributed by atoms with van der Waals surface area (Å²) in [5, 5.41) is 5.18. The minimum Gasteiger partial charge on any atom is -0.372 e. The van der Waals surface area contributed by atoms with E-state index in [1.54, 1.807) is 0 Å². The van der Waals surface area contributed by atoms with E-state index in [2.05, 4.69) is 16.4 Å². The quantitative estimate of drug-likeness (QED) is 0.858. The van der Waals surface area contributed by atoms with Crippen molar-refractivity contribution in [1.29, 1.82) is 0 Å². The third-order valence-electron chi connectivity index (χ3n) is 3.18. The molecule has 0 saturated carbocycles. The number of rotatable bonds is 1. The van der Waals surface area contributed by atoms with Gasteiger partial charge in [-0.1, -0.05) is 11.6 Å². The first-order chi connectivity index (χ1) is 8.83. The van der Waals surface area contributed by atoms with Crippen molar-refractivity contribution in [3.05, 3.63) is 41.0 Å². The molecule has 0 aliphatic carbocycles. The van der Waals surface area contributed by atoms with Crippen LogP contribution in [-0.2, 0) is 4.74 Å². The molecule has 1 fully saturated rings. The summed E-state index contributed by atoms with van der Waals surface area (Å²) in [6, 6.07) is 7.86. The Morgan fingerprint density at radius 2 is 2.28 bits per heavy atom. The van der Waals surface area contributed by atoms with Crippen molar-refractivity contribution in [3.8, 4) is 0 Å². The lowest BCUT2D eigenvalue weighted by Crippen LogP contribution is -2.20. The molecule has 1 N–H and O–H groups in total. The van der Waals surface area contributed by atoms with E-state index < -0.39 is 0 Å². The van der Waals surface area contributed by atoms with Crippen molar-refractivity contribution in [2.75, 3.05) is 19.7 Å². The zero-order valence-electron chi connectivity index (χ0n) is 10.0. The van der Waals surface area contributed by atoms with Crippen molar-refractivity contribution in [2.45, 2.75) is 12.5 Å². The minimum absolute atomic E-state index is 0.0865. The second-order valence-electron chi connectivity index (χ2n) is 4.52. The van der Waals surface area contributed by atoms with Crippen LogP contribution in [0, 0.1) is 0 Å². The molecule has 1 atom stereocenters. The molecule has 3 nitrogen and oxygen atoms in total. The van der Waals surface area contributed by atoms with Gasteiger partial charge in [0.15, 0.2) is 0 Å². The fraction of sp³-hybridized carbons (Fsp3) is 0.357. The fourth-order valence-corrected chi connectivity index (χ4v) is 2.40. The summed E-state index contributed by atoms with van der Waals surface area (Å²) < 4.78 is 5.83. The average Bonchev–Trinajstić information content (AvgIpc) is 2.66. The van der Waals surface area contributed by atoms with Gasteiger partial charge in [0.2, 0.25) is 0 Å². The number of benzene rings is 1. The SMILES string of the molecule is Clc1ccc2ncc(C3CNCCCO3)cc2c1. The number of aromatic nitrogens is 1. The van der Waals surface area contributed by atoms with Crippen molar-refractivity contribution in [3.63, 3.8) is 0 Å². The molecular formula is C14H15ClN2O. The van der Waals surface area contributed by atoms with E-state index in [0.717, 1.165) is 47.6 Å². The maximum atomic E-state index is 6.01. The maximum Gasteiger partial charge on any atom is 0.0964 e. The summed E-state index contributed by atoms with van der Waals surface area (Å²) in [5.41, 5.74) is 2.07. The van der Waals surface area contributed by atoms with Crippen LogP contribution in [0.2, 0.25) is 5.02 Å². The van der Waals surface area contributed by atoms with Crippen molar-refractivity contribution in [1.82, 2.24) is 10.3 Å². The molecule has 0 bridgehead atoms. The highest BCUT2D eigenvalue weighted by Gasteiger charge is 2.15. The van der Waals surface area contributed by atoms with Crippen LogP contribution in [0.15, 0.2) is 30.5 Å². The normalized spacial score (nSPS) is 20.8. The summed E-state index contributed by atoms with van der Waals surface area (Å²) in [4.78, 5) is 4.46. The molecule has 0 spiro atoms. The maximum absolute atomic E-state index is 6.01. The lowest BCUT2D eigenvalue weighted by Gasteiger charge is -2.15. The van der Waals surface area contributed by atoms with Crippen molar-refractivity contribution < 1.29 is 4.74 Å². The fourth-order valence-electron chi connectivity index (χ4n) is 2.22. The second kappa shape index (κ2) is 5.22. The Hall–Kier alpha value is -1.16. The molecule has 1 aromatic heterocycles. The topological polar surface area (TPSA) is 34.2 Å². The standard InChI is InChI=1S/C14H15ClN2O/c15-12-2-3-13-10(7-12)6-11(8-17-13)14-9-16-4-1-5-18-14/h2-3,6-8,14,16H,1,4-5,9H2. The number of nitrogens with one attached hydrogen (secondary N) is 1. The third-order valence-corrected chi connectivity index (χ3v) is 3.42. The molecule has 2 heterocycles. The van der Waals surface area contributed by atoms with Crippen LogP contribution >= 0.6 is 11.6 Å². The minimum atomic E-state index is 0.0865. The predicted molar refractivity (Wildman–Crippen MR) is 72.9 cm³/mol. The molecule has 4 heteroatoms. The lowest BCUT2D eigenvalue weighted by molar-refractivity contribution is 0.0668. The van der Waals surface area contributed by atoms with Crippen LogP contribution in [-0.4, -0.2) is 24.7 Å². The molecule has 1 saturated heterocycles. The highest BCUT2D eigenvalue weighted by atomic mass is 35.5. The first-order valence-electron chi connectivity index (χ1n) is 6.20. The predicted octanol–water partition coefficient (Wildman–Crippen LogP) is 2.94. The monoisotopic (exact) mass is 262 g/mol. The Bertz CT molecular complexity index is 550. The summed E-state index contributed by atoms with van der Waals surface area (Å²) in [5.74, 6) is 0. The van der Waals surface area contributed by atoms with E-state index in [9.17, 15) is 0 Å². The molecule has 1 aliphatic rings. The first kappa shape index (κ1) is 11.9. The molecule has 0 amide bonds. The molecule has 1 unspecified atom stereocenters. The van der Waals surface area contributed by atoms with Gasteiger partial charge in [0.1, 0.15) is 0 Å². The van der Waals surface area contributed by atoms with Crippen LogP contribution < -0.4 is 5.32 Å². The second-order valence-corrected chi connectivity index (χ2v) is 4.96. The van der Waals surface area contributed by atoms with Crippen LogP contribution in [0.5, 0.6) is 0 Å². The van der Waals surface area contributed by atoms with Crippen LogP contribution in [0.25, 0.3) is 10.9 Å². The molecular weight excluding hydrogens is 248 g/mol. The Morgan fingerprint density at radius 1 is 1.33 bits per heavy atom. The molecule has 2 aromatic rings. The molecule has 3 rings (SSSR count). The molecule has 1 aliphatic heterocycles. The van der Waals surface area contributed by atoms with Crippen molar-refractivity contribution >= 4 is 22.5 Å². The van der Waals surface area contributed by atoms with E-state index in [-0.39, 0.29) is 6.10 Å². The van der Waals surface area contributed by atoms with Gasteiger partial charge in [-0.25, -0.2) is 0 Å². The lowest BCUT2D eigenvalue weighted by atomic mass is 10.1. The van der Waals surface area contributed by atoms with Gasteiger partial charge in [-0.15, -0.1) is 0 Å². The Morgan fingerprint density at radius 3 is 3.22 bits per heavy atom. The summed E-state index contributed by atoms with van der Waals surface area (Å²) >= 11 is 6.01.